The maximum Gasteiger partial charge on any atom is 0.215 e. The Hall–Kier alpha value is -1.47. The quantitative estimate of drug-likeness (QED) is 0.835. The number of aliphatic hydroxyl groups is 1. The Balaban J connectivity index is 2.03. The summed E-state index contributed by atoms with van der Waals surface area (Å²) in [6.07, 6.45) is 0. The summed E-state index contributed by atoms with van der Waals surface area (Å²) in [5.41, 5.74) is -0.364. The minimum Gasteiger partial charge on any atom is -0.384 e. The molecule has 124 valence electrons. The van der Waals surface area contributed by atoms with Crippen LogP contribution in [0.1, 0.15) is 18.1 Å². The summed E-state index contributed by atoms with van der Waals surface area (Å²) in [7, 11) is -3.66. The van der Waals surface area contributed by atoms with Crippen LogP contribution < -0.4 is 4.72 Å². The van der Waals surface area contributed by atoms with Crippen molar-refractivity contribution in [2.45, 2.75) is 18.3 Å². The SMILES string of the molecule is CC(O)(CNS(=O)(=O)Cc1ccc(F)cc1)c1ccc(Cl)cc1. The van der Waals surface area contributed by atoms with E-state index in [4.69, 9.17) is 11.6 Å². The third-order valence-corrected chi connectivity index (χ3v) is 4.92. The lowest BCUT2D eigenvalue weighted by Gasteiger charge is -2.24. The molecule has 0 fully saturated rings. The zero-order valence-electron chi connectivity index (χ0n) is 12.5. The number of hydrogen-bond acceptors (Lipinski definition) is 3. The highest BCUT2D eigenvalue weighted by Crippen LogP contribution is 2.22. The van der Waals surface area contributed by atoms with Crippen molar-refractivity contribution in [1.82, 2.24) is 4.72 Å². The fourth-order valence-corrected chi connectivity index (χ4v) is 3.37. The van der Waals surface area contributed by atoms with E-state index in [1.165, 1.54) is 31.2 Å². The van der Waals surface area contributed by atoms with E-state index in [0.29, 0.717) is 16.1 Å². The lowest BCUT2D eigenvalue weighted by molar-refractivity contribution is 0.0627. The van der Waals surface area contributed by atoms with Gasteiger partial charge in [-0.25, -0.2) is 17.5 Å². The predicted molar refractivity (Wildman–Crippen MR) is 88.0 cm³/mol. The van der Waals surface area contributed by atoms with Crippen LogP contribution in [0.2, 0.25) is 5.02 Å². The summed E-state index contributed by atoms with van der Waals surface area (Å²) in [6.45, 7) is 1.33. The van der Waals surface area contributed by atoms with Crippen molar-refractivity contribution in [2.75, 3.05) is 6.54 Å². The Labute approximate surface area is 140 Å². The van der Waals surface area contributed by atoms with Gasteiger partial charge in [-0.05, 0) is 42.3 Å². The third kappa shape index (κ3) is 5.28. The van der Waals surface area contributed by atoms with Gasteiger partial charge in [-0.1, -0.05) is 35.9 Å². The standard InChI is InChI=1S/C16H17ClFNO3S/c1-16(20,13-4-6-14(17)7-5-13)11-19-23(21,22)10-12-2-8-15(18)9-3-12/h2-9,19-20H,10-11H2,1H3. The van der Waals surface area contributed by atoms with Gasteiger partial charge in [0.25, 0.3) is 0 Å². The Kier molecular flexibility index (Phi) is 5.41. The van der Waals surface area contributed by atoms with Gasteiger partial charge in [-0.15, -0.1) is 0 Å². The number of hydrogen-bond donors (Lipinski definition) is 2. The fraction of sp³-hybridized carbons (Fsp3) is 0.250. The van der Waals surface area contributed by atoms with Crippen LogP contribution >= 0.6 is 11.6 Å². The minimum absolute atomic E-state index is 0.182. The molecule has 0 aliphatic carbocycles. The number of rotatable bonds is 6. The minimum atomic E-state index is -3.66. The summed E-state index contributed by atoms with van der Waals surface area (Å²) >= 11 is 5.79. The number of benzene rings is 2. The lowest BCUT2D eigenvalue weighted by Crippen LogP contribution is -2.39. The van der Waals surface area contributed by atoms with Crippen LogP contribution in [0.4, 0.5) is 4.39 Å². The molecule has 0 saturated heterocycles. The van der Waals surface area contributed by atoms with Crippen molar-refractivity contribution in [3.8, 4) is 0 Å². The number of sulfonamides is 1. The largest absolute Gasteiger partial charge is 0.384 e. The van der Waals surface area contributed by atoms with Crippen LogP contribution in [0.25, 0.3) is 0 Å². The lowest BCUT2D eigenvalue weighted by atomic mass is 9.97. The number of halogens is 2. The van der Waals surface area contributed by atoms with E-state index in [0.717, 1.165) is 0 Å². The van der Waals surface area contributed by atoms with Crippen molar-refractivity contribution in [3.63, 3.8) is 0 Å². The molecule has 0 heterocycles. The first-order valence-electron chi connectivity index (χ1n) is 6.88. The van der Waals surface area contributed by atoms with E-state index in [9.17, 15) is 17.9 Å². The molecule has 2 N–H and O–H groups in total. The van der Waals surface area contributed by atoms with Crippen molar-refractivity contribution < 1.29 is 17.9 Å². The Morgan fingerprint density at radius 3 is 2.26 bits per heavy atom. The molecule has 7 heteroatoms. The summed E-state index contributed by atoms with van der Waals surface area (Å²) in [5.74, 6) is -0.714. The molecule has 2 rings (SSSR count). The second-order valence-electron chi connectivity index (χ2n) is 5.49. The highest BCUT2D eigenvalue weighted by molar-refractivity contribution is 7.88. The Bertz CT molecular complexity index is 759. The predicted octanol–water partition coefficient (Wildman–Crippen LogP) is 2.81. The molecule has 0 spiro atoms. The molecule has 1 atom stereocenters. The van der Waals surface area contributed by atoms with Gasteiger partial charge < -0.3 is 5.11 Å². The molecule has 4 nitrogen and oxygen atoms in total. The third-order valence-electron chi connectivity index (χ3n) is 3.37. The second-order valence-corrected chi connectivity index (χ2v) is 7.73. The van der Waals surface area contributed by atoms with Gasteiger partial charge in [0.15, 0.2) is 0 Å². The molecular formula is C16H17ClFNO3S. The number of nitrogens with one attached hydrogen (secondary N) is 1. The first-order chi connectivity index (χ1) is 10.7. The molecule has 2 aromatic rings. The summed E-state index contributed by atoms with van der Waals surface area (Å²) in [4.78, 5) is 0. The van der Waals surface area contributed by atoms with E-state index in [-0.39, 0.29) is 12.3 Å². The average molecular weight is 358 g/mol. The van der Waals surface area contributed by atoms with Gasteiger partial charge in [-0.2, -0.15) is 0 Å². The molecule has 0 aliphatic rings. The summed E-state index contributed by atoms with van der Waals surface area (Å²) in [5, 5.41) is 11.0. The van der Waals surface area contributed by atoms with Crippen LogP contribution in [-0.4, -0.2) is 20.1 Å². The van der Waals surface area contributed by atoms with E-state index >= 15 is 0 Å². The van der Waals surface area contributed by atoms with Crippen LogP contribution in [-0.2, 0) is 21.4 Å². The highest BCUT2D eigenvalue weighted by Gasteiger charge is 2.25. The van der Waals surface area contributed by atoms with Gasteiger partial charge in [0.2, 0.25) is 10.0 Å². The van der Waals surface area contributed by atoms with Crippen molar-refractivity contribution >= 4 is 21.6 Å². The fourth-order valence-electron chi connectivity index (χ4n) is 2.01. The molecule has 1 unspecified atom stereocenters. The first kappa shape index (κ1) is 17.9. The molecule has 0 amide bonds. The zero-order valence-corrected chi connectivity index (χ0v) is 14.0. The van der Waals surface area contributed by atoms with Gasteiger partial charge in [0.1, 0.15) is 11.4 Å². The van der Waals surface area contributed by atoms with E-state index < -0.39 is 21.4 Å². The van der Waals surface area contributed by atoms with Crippen molar-refractivity contribution in [1.29, 1.82) is 0 Å². The normalized spacial score (nSPS) is 14.4. The Morgan fingerprint density at radius 2 is 1.70 bits per heavy atom. The van der Waals surface area contributed by atoms with Gasteiger partial charge >= 0.3 is 0 Å². The summed E-state index contributed by atoms with van der Waals surface area (Å²) in [6, 6.07) is 11.7. The topological polar surface area (TPSA) is 66.4 Å². The molecule has 0 aromatic heterocycles. The molecule has 0 saturated carbocycles. The highest BCUT2D eigenvalue weighted by atomic mass is 35.5. The van der Waals surface area contributed by atoms with Crippen LogP contribution in [0, 0.1) is 5.82 Å². The van der Waals surface area contributed by atoms with Crippen molar-refractivity contribution in [2.24, 2.45) is 0 Å². The molecule has 2 aromatic carbocycles. The van der Waals surface area contributed by atoms with E-state index in [2.05, 4.69) is 4.72 Å². The molecule has 23 heavy (non-hydrogen) atoms. The van der Waals surface area contributed by atoms with Crippen LogP contribution in [0.3, 0.4) is 0 Å². The smallest absolute Gasteiger partial charge is 0.215 e. The molecule has 0 aliphatic heterocycles. The summed E-state index contributed by atoms with van der Waals surface area (Å²) < 4.78 is 39.4. The zero-order chi connectivity index (χ0) is 17.1. The maximum absolute atomic E-state index is 12.8. The molecule has 0 bridgehead atoms. The van der Waals surface area contributed by atoms with E-state index in [1.54, 1.807) is 24.3 Å². The average Bonchev–Trinajstić information content (AvgIpc) is 2.48. The van der Waals surface area contributed by atoms with Crippen LogP contribution in [0.5, 0.6) is 0 Å². The molecular weight excluding hydrogens is 341 g/mol. The van der Waals surface area contributed by atoms with E-state index in [1.807, 2.05) is 0 Å². The Morgan fingerprint density at radius 1 is 1.13 bits per heavy atom. The second kappa shape index (κ2) is 6.97. The first-order valence-corrected chi connectivity index (χ1v) is 8.91. The van der Waals surface area contributed by atoms with Crippen LogP contribution in [0.15, 0.2) is 48.5 Å². The van der Waals surface area contributed by atoms with Gasteiger partial charge in [0.05, 0.1) is 5.75 Å². The van der Waals surface area contributed by atoms with Gasteiger partial charge in [0, 0.05) is 11.6 Å². The van der Waals surface area contributed by atoms with Gasteiger partial charge in [-0.3, -0.25) is 0 Å². The maximum atomic E-state index is 12.8. The monoisotopic (exact) mass is 357 g/mol. The van der Waals surface area contributed by atoms with Crippen molar-refractivity contribution in [3.05, 3.63) is 70.5 Å². The molecule has 0 radical (unpaired) electrons.